The van der Waals surface area contributed by atoms with Gasteiger partial charge in [-0.2, -0.15) is 0 Å². The van der Waals surface area contributed by atoms with Crippen molar-refractivity contribution in [1.29, 1.82) is 0 Å². The lowest BCUT2D eigenvalue weighted by atomic mass is 10.1. The summed E-state index contributed by atoms with van der Waals surface area (Å²) in [5.41, 5.74) is 2.50. The molecular weight excluding hydrogens is 322 g/mol. The van der Waals surface area contributed by atoms with Crippen LogP contribution >= 0.6 is 11.6 Å². The fourth-order valence-corrected chi connectivity index (χ4v) is 2.91. The molecule has 6 heteroatoms. The molecule has 22 heavy (non-hydrogen) atoms. The molecule has 0 aliphatic carbocycles. The lowest BCUT2D eigenvalue weighted by Gasteiger charge is -2.11. The first-order valence-electron chi connectivity index (χ1n) is 6.56. The van der Waals surface area contributed by atoms with Crippen LogP contribution in [0.4, 0.5) is 5.69 Å². The highest BCUT2D eigenvalue weighted by molar-refractivity contribution is 7.90. The summed E-state index contributed by atoms with van der Waals surface area (Å²) in [7, 11) is -3.36. The highest BCUT2D eigenvalue weighted by atomic mass is 35.5. The van der Waals surface area contributed by atoms with Crippen molar-refractivity contribution in [3.8, 4) is 0 Å². The van der Waals surface area contributed by atoms with Gasteiger partial charge in [0, 0.05) is 22.5 Å². The van der Waals surface area contributed by atoms with Gasteiger partial charge in [-0.25, -0.2) is 8.42 Å². The highest BCUT2D eigenvalue weighted by Gasteiger charge is 2.15. The van der Waals surface area contributed by atoms with E-state index >= 15 is 0 Å². The monoisotopic (exact) mass is 337 g/mol. The third-order valence-corrected chi connectivity index (χ3v) is 4.66. The highest BCUT2D eigenvalue weighted by Crippen LogP contribution is 2.22. The first-order chi connectivity index (χ1) is 10.2. The number of amides is 1. The minimum atomic E-state index is -3.36. The van der Waals surface area contributed by atoms with Crippen molar-refractivity contribution < 1.29 is 13.2 Å². The van der Waals surface area contributed by atoms with Crippen LogP contribution in [-0.2, 0) is 9.84 Å². The van der Waals surface area contributed by atoms with E-state index in [1.165, 1.54) is 12.1 Å². The van der Waals surface area contributed by atoms with Crippen LogP contribution in [0.5, 0.6) is 0 Å². The Hall–Kier alpha value is -1.85. The number of nitrogens with one attached hydrogen (secondary N) is 1. The molecule has 4 nitrogen and oxygen atoms in total. The zero-order valence-electron chi connectivity index (χ0n) is 12.5. The number of rotatable bonds is 3. The van der Waals surface area contributed by atoms with E-state index < -0.39 is 9.84 Å². The third kappa shape index (κ3) is 3.67. The van der Waals surface area contributed by atoms with Crippen LogP contribution in [0.25, 0.3) is 0 Å². The maximum Gasteiger partial charge on any atom is 0.255 e. The number of carbonyl (C=O) groups is 1. The van der Waals surface area contributed by atoms with Crippen molar-refractivity contribution in [3.05, 3.63) is 58.1 Å². The molecule has 2 aromatic carbocycles. The first-order valence-corrected chi connectivity index (χ1v) is 8.83. The minimum absolute atomic E-state index is 0.121. The summed E-state index contributed by atoms with van der Waals surface area (Å²) >= 11 is 5.89. The van der Waals surface area contributed by atoms with Gasteiger partial charge in [0.1, 0.15) is 0 Å². The van der Waals surface area contributed by atoms with Crippen molar-refractivity contribution >= 4 is 33.0 Å². The second-order valence-corrected chi connectivity index (χ2v) is 7.61. The Morgan fingerprint density at radius 3 is 2.32 bits per heavy atom. The van der Waals surface area contributed by atoms with E-state index in [2.05, 4.69) is 5.32 Å². The number of halogens is 1. The Labute approximate surface area is 135 Å². The summed E-state index contributed by atoms with van der Waals surface area (Å²) in [5, 5.41) is 3.37. The molecule has 2 aromatic rings. The maximum atomic E-state index is 12.4. The predicted molar refractivity (Wildman–Crippen MR) is 88.4 cm³/mol. The number of anilines is 1. The van der Waals surface area contributed by atoms with Gasteiger partial charge in [0.05, 0.1) is 4.90 Å². The average molecular weight is 338 g/mol. The molecule has 0 fully saturated rings. The number of benzene rings is 2. The molecule has 0 radical (unpaired) electrons. The zero-order valence-corrected chi connectivity index (χ0v) is 14.0. The predicted octanol–water partition coefficient (Wildman–Crippen LogP) is 3.61. The van der Waals surface area contributed by atoms with E-state index in [1.54, 1.807) is 31.2 Å². The molecule has 0 aliphatic heterocycles. The molecule has 0 unspecified atom stereocenters. The van der Waals surface area contributed by atoms with Gasteiger partial charge in [0.2, 0.25) is 0 Å². The molecule has 0 heterocycles. The Balaban J connectivity index is 2.37. The molecule has 0 spiro atoms. The quantitative estimate of drug-likeness (QED) is 0.930. The molecular formula is C16H16ClNO3S. The van der Waals surface area contributed by atoms with Gasteiger partial charge >= 0.3 is 0 Å². The van der Waals surface area contributed by atoms with Crippen LogP contribution in [0.15, 0.2) is 41.3 Å². The molecule has 2 rings (SSSR count). The fourth-order valence-electron chi connectivity index (χ4n) is 2.03. The van der Waals surface area contributed by atoms with Crippen molar-refractivity contribution in [2.24, 2.45) is 0 Å². The van der Waals surface area contributed by atoms with E-state index in [-0.39, 0.29) is 10.8 Å². The van der Waals surface area contributed by atoms with E-state index in [9.17, 15) is 13.2 Å². The number of sulfone groups is 1. The number of aryl methyl sites for hydroxylation is 2. The van der Waals surface area contributed by atoms with Gasteiger partial charge in [0.15, 0.2) is 9.84 Å². The average Bonchev–Trinajstić information content (AvgIpc) is 2.41. The second kappa shape index (κ2) is 6.10. The lowest BCUT2D eigenvalue weighted by molar-refractivity contribution is 0.102. The molecule has 0 bridgehead atoms. The Morgan fingerprint density at radius 2 is 1.73 bits per heavy atom. The van der Waals surface area contributed by atoms with Gasteiger partial charge in [-0.3, -0.25) is 4.79 Å². The summed E-state index contributed by atoms with van der Waals surface area (Å²) in [6.07, 6.45) is 1.11. The van der Waals surface area contributed by atoms with E-state index in [0.717, 1.165) is 11.8 Å². The molecule has 0 saturated heterocycles. The van der Waals surface area contributed by atoms with Crippen LogP contribution in [0.1, 0.15) is 21.5 Å². The lowest BCUT2D eigenvalue weighted by Crippen LogP contribution is -2.15. The van der Waals surface area contributed by atoms with Crippen LogP contribution in [0, 0.1) is 13.8 Å². The molecule has 1 N–H and O–H groups in total. The number of carbonyl (C=O) groups excluding carboxylic acids is 1. The molecule has 1 amide bonds. The van der Waals surface area contributed by atoms with Gasteiger partial charge in [0.25, 0.3) is 5.91 Å². The summed E-state index contributed by atoms with van der Waals surface area (Å²) in [4.78, 5) is 12.5. The second-order valence-electron chi connectivity index (χ2n) is 5.16. The SMILES string of the molecule is Cc1cc(Cl)ccc1NC(=O)c1cc(S(C)(=O)=O)ccc1C. The summed E-state index contributed by atoms with van der Waals surface area (Å²) < 4.78 is 23.2. The van der Waals surface area contributed by atoms with Gasteiger partial charge in [-0.1, -0.05) is 17.7 Å². The maximum absolute atomic E-state index is 12.4. The minimum Gasteiger partial charge on any atom is -0.322 e. The van der Waals surface area contributed by atoms with Gasteiger partial charge in [-0.05, 0) is 55.3 Å². The molecule has 0 aliphatic rings. The van der Waals surface area contributed by atoms with Crippen molar-refractivity contribution in [1.82, 2.24) is 0 Å². The Bertz CT molecular complexity index is 844. The van der Waals surface area contributed by atoms with Crippen molar-refractivity contribution in [2.75, 3.05) is 11.6 Å². The van der Waals surface area contributed by atoms with Crippen molar-refractivity contribution in [2.45, 2.75) is 18.7 Å². The standard InChI is InChI=1S/C16H16ClNO3S/c1-10-4-6-13(22(3,20)21)9-14(10)16(19)18-15-7-5-12(17)8-11(15)2/h4-9H,1-3H3,(H,18,19). The van der Waals surface area contributed by atoms with Crippen LogP contribution in [0.3, 0.4) is 0 Å². The van der Waals surface area contributed by atoms with E-state index in [4.69, 9.17) is 11.6 Å². The van der Waals surface area contributed by atoms with Gasteiger partial charge in [-0.15, -0.1) is 0 Å². The molecule has 0 atom stereocenters. The molecule has 0 aromatic heterocycles. The topological polar surface area (TPSA) is 63.2 Å². The van der Waals surface area contributed by atoms with Crippen LogP contribution in [0.2, 0.25) is 5.02 Å². The van der Waals surface area contributed by atoms with E-state index in [1.807, 2.05) is 6.92 Å². The number of hydrogen-bond acceptors (Lipinski definition) is 3. The Morgan fingerprint density at radius 1 is 1.05 bits per heavy atom. The normalized spacial score (nSPS) is 11.3. The van der Waals surface area contributed by atoms with E-state index in [0.29, 0.717) is 21.8 Å². The zero-order chi connectivity index (χ0) is 16.5. The first kappa shape index (κ1) is 16.5. The molecule has 0 saturated carbocycles. The molecule has 116 valence electrons. The summed E-state index contributed by atoms with van der Waals surface area (Å²) in [6, 6.07) is 9.66. The third-order valence-electron chi connectivity index (χ3n) is 3.32. The number of hydrogen-bond donors (Lipinski definition) is 1. The van der Waals surface area contributed by atoms with Crippen LogP contribution in [-0.4, -0.2) is 20.6 Å². The summed E-state index contributed by atoms with van der Waals surface area (Å²) in [5.74, 6) is -0.353. The van der Waals surface area contributed by atoms with Crippen LogP contribution < -0.4 is 5.32 Å². The van der Waals surface area contributed by atoms with Gasteiger partial charge < -0.3 is 5.32 Å². The smallest absolute Gasteiger partial charge is 0.255 e. The fraction of sp³-hybridized carbons (Fsp3) is 0.188. The largest absolute Gasteiger partial charge is 0.322 e. The Kier molecular flexibility index (Phi) is 4.58. The van der Waals surface area contributed by atoms with Crippen molar-refractivity contribution in [3.63, 3.8) is 0 Å². The summed E-state index contributed by atoms with van der Waals surface area (Å²) in [6.45, 7) is 3.59.